The highest BCUT2D eigenvalue weighted by molar-refractivity contribution is 6.31. The maximum Gasteiger partial charge on any atom is 0.174 e. The minimum absolute atomic E-state index is 0.286. The van der Waals surface area contributed by atoms with Crippen molar-refractivity contribution in [3.8, 4) is 0 Å². The molecule has 1 aromatic rings. The van der Waals surface area contributed by atoms with Crippen LogP contribution in [0.4, 0.5) is 5.69 Å². The monoisotopic (exact) mass is 212 g/mol. The molecule has 0 bridgehead atoms. The summed E-state index contributed by atoms with van der Waals surface area (Å²) in [6.45, 7) is 1.11. The van der Waals surface area contributed by atoms with Crippen LogP contribution >= 0.6 is 11.6 Å². The molecule has 2 heterocycles. The van der Waals surface area contributed by atoms with Crippen LogP contribution in [0.15, 0.2) is 6.07 Å². The summed E-state index contributed by atoms with van der Waals surface area (Å²) in [7, 11) is 2.09. The van der Waals surface area contributed by atoms with Gasteiger partial charge in [0.2, 0.25) is 0 Å². The van der Waals surface area contributed by atoms with Gasteiger partial charge in [-0.05, 0) is 32.5 Å². The number of likely N-dealkylation sites (tertiary alicyclic amines) is 1. The Morgan fingerprint density at radius 3 is 2.93 bits per heavy atom. The third-order valence-corrected chi connectivity index (χ3v) is 2.95. The zero-order chi connectivity index (χ0) is 10.1. The van der Waals surface area contributed by atoms with Gasteiger partial charge in [0.15, 0.2) is 5.15 Å². The minimum Gasteiger partial charge on any atom is -0.396 e. The van der Waals surface area contributed by atoms with Crippen molar-refractivity contribution in [2.45, 2.75) is 18.9 Å². The van der Waals surface area contributed by atoms with Gasteiger partial charge in [-0.15, -0.1) is 5.10 Å². The van der Waals surface area contributed by atoms with Crippen LogP contribution in [0, 0.1) is 0 Å². The minimum atomic E-state index is 0.286. The first-order valence-electron chi connectivity index (χ1n) is 4.67. The van der Waals surface area contributed by atoms with E-state index in [1.54, 1.807) is 0 Å². The van der Waals surface area contributed by atoms with Crippen LogP contribution in [-0.4, -0.2) is 28.7 Å². The molecule has 2 rings (SSSR count). The molecule has 76 valence electrons. The number of halogens is 1. The van der Waals surface area contributed by atoms with Crippen LogP contribution in [0.1, 0.15) is 24.6 Å². The van der Waals surface area contributed by atoms with Crippen LogP contribution in [0.25, 0.3) is 0 Å². The van der Waals surface area contributed by atoms with Gasteiger partial charge in [0.1, 0.15) is 0 Å². The predicted molar refractivity (Wildman–Crippen MR) is 56.1 cm³/mol. The Hall–Kier alpha value is -0.870. The molecule has 2 N–H and O–H groups in total. The van der Waals surface area contributed by atoms with E-state index < -0.39 is 0 Å². The molecular formula is C9H13ClN4. The number of hydrogen-bond donors (Lipinski definition) is 1. The average molecular weight is 213 g/mol. The molecule has 0 aromatic carbocycles. The standard InChI is InChI=1S/C9H13ClN4/c1-14-4-2-3-8(14)7-5-6(11)9(10)13-12-7/h5,8H,2-4H2,1H3,(H2,11,12). The van der Waals surface area contributed by atoms with Gasteiger partial charge in [0.05, 0.1) is 17.4 Å². The van der Waals surface area contributed by atoms with Gasteiger partial charge >= 0.3 is 0 Å². The molecule has 0 radical (unpaired) electrons. The van der Waals surface area contributed by atoms with Crippen molar-refractivity contribution in [3.63, 3.8) is 0 Å². The van der Waals surface area contributed by atoms with Crippen LogP contribution in [-0.2, 0) is 0 Å². The normalized spacial score (nSPS) is 22.9. The summed E-state index contributed by atoms with van der Waals surface area (Å²) in [6.07, 6.45) is 2.32. The lowest BCUT2D eigenvalue weighted by Gasteiger charge is -2.18. The van der Waals surface area contributed by atoms with Crippen molar-refractivity contribution in [2.75, 3.05) is 19.3 Å². The third-order valence-electron chi connectivity index (χ3n) is 2.66. The van der Waals surface area contributed by atoms with Crippen molar-refractivity contribution in [2.24, 2.45) is 0 Å². The molecule has 1 fully saturated rings. The second kappa shape index (κ2) is 3.71. The van der Waals surface area contributed by atoms with Crippen LogP contribution < -0.4 is 5.73 Å². The third kappa shape index (κ3) is 1.67. The summed E-state index contributed by atoms with van der Waals surface area (Å²) in [5.41, 5.74) is 7.11. The number of rotatable bonds is 1. The molecule has 14 heavy (non-hydrogen) atoms. The summed E-state index contributed by atoms with van der Waals surface area (Å²) >= 11 is 5.71. The molecule has 1 atom stereocenters. The van der Waals surface area contributed by atoms with Gasteiger partial charge in [0, 0.05) is 0 Å². The molecule has 0 amide bonds. The average Bonchev–Trinajstić information content (AvgIpc) is 2.57. The van der Waals surface area contributed by atoms with E-state index >= 15 is 0 Å². The zero-order valence-electron chi connectivity index (χ0n) is 8.07. The van der Waals surface area contributed by atoms with Crippen molar-refractivity contribution in [3.05, 3.63) is 16.9 Å². The fraction of sp³-hybridized carbons (Fsp3) is 0.556. The molecule has 0 spiro atoms. The number of nitrogens with zero attached hydrogens (tertiary/aromatic N) is 3. The predicted octanol–water partition coefficient (Wildman–Crippen LogP) is 1.48. The molecule has 1 aliphatic rings. The lowest BCUT2D eigenvalue weighted by molar-refractivity contribution is 0.310. The van der Waals surface area contributed by atoms with Gasteiger partial charge in [-0.25, -0.2) is 0 Å². The molecule has 0 saturated carbocycles. The summed E-state index contributed by atoms with van der Waals surface area (Å²) in [4.78, 5) is 2.26. The molecule has 0 aliphatic carbocycles. The fourth-order valence-corrected chi connectivity index (χ4v) is 1.95. The van der Waals surface area contributed by atoms with E-state index in [1.165, 1.54) is 6.42 Å². The van der Waals surface area contributed by atoms with Crippen molar-refractivity contribution < 1.29 is 0 Å². The molecule has 1 aliphatic heterocycles. The quantitative estimate of drug-likeness (QED) is 0.766. The lowest BCUT2D eigenvalue weighted by atomic mass is 10.1. The van der Waals surface area contributed by atoms with E-state index in [4.69, 9.17) is 17.3 Å². The Bertz CT molecular complexity index is 342. The summed E-state index contributed by atoms with van der Waals surface area (Å²) in [6, 6.07) is 2.17. The molecule has 4 nitrogen and oxygen atoms in total. The topological polar surface area (TPSA) is 55.0 Å². The highest BCUT2D eigenvalue weighted by Gasteiger charge is 2.24. The number of hydrogen-bond acceptors (Lipinski definition) is 4. The highest BCUT2D eigenvalue weighted by atomic mass is 35.5. The van der Waals surface area contributed by atoms with Gasteiger partial charge in [-0.3, -0.25) is 4.90 Å². The number of nitrogen functional groups attached to an aromatic ring is 1. The van der Waals surface area contributed by atoms with Crippen LogP contribution in [0.5, 0.6) is 0 Å². The van der Waals surface area contributed by atoms with Gasteiger partial charge in [-0.2, -0.15) is 5.10 Å². The van der Waals surface area contributed by atoms with Crippen molar-refractivity contribution in [1.82, 2.24) is 15.1 Å². The Balaban J connectivity index is 2.28. The van der Waals surface area contributed by atoms with Crippen LogP contribution in [0.2, 0.25) is 5.15 Å². The molecular weight excluding hydrogens is 200 g/mol. The largest absolute Gasteiger partial charge is 0.396 e. The summed E-state index contributed by atoms with van der Waals surface area (Å²) in [5, 5.41) is 8.18. The second-order valence-electron chi connectivity index (χ2n) is 3.65. The summed E-state index contributed by atoms with van der Waals surface area (Å²) in [5.74, 6) is 0. The van der Waals surface area contributed by atoms with E-state index in [1.807, 2.05) is 6.07 Å². The smallest absolute Gasteiger partial charge is 0.174 e. The Kier molecular flexibility index (Phi) is 2.56. The Morgan fingerprint density at radius 1 is 1.57 bits per heavy atom. The first kappa shape index (κ1) is 9.68. The first-order chi connectivity index (χ1) is 6.68. The van der Waals surface area contributed by atoms with Gasteiger partial charge in [-0.1, -0.05) is 11.6 Å². The second-order valence-corrected chi connectivity index (χ2v) is 4.01. The van der Waals surface area contributed by atoms with Gasteiger partial charge < -0.3 is 5.73 Å². The van der Waals surface area contributed by atoms with Crippen LogP contribution in [0.3, 0.4) is 0 Å². The zero-order valence-corrected chi connectivity index (χ0v) is 8.83. The Labute approximate surface area is 88.1 Å². The Morgan fingerprint density at radius 2 is 2.36 bits per heavy atom. The maximum absolute atomic E-state index is 5.71. The van der Waals surface area contributed by atoms with E-state index in [0.29, 0.717) is 11.7 Å². The first-order valence-corrected chi connectivity index (χ1v) is 5.05. The number of nitrogens with two attached hydrogens (primary N) is 1. The SMILES string of the molecule is CN1CCCC1c1cc(N)c(Cl)nn1. The van der Waals surface area contributed by atoms with E-state index in [-0.39, 0.29) is 5.15 Å². The molecule has 5 heteroatoms. The molecule has 1 unspecified atom stereocenters. The maximum atomic E-state index is 5.71. The molecule has 1 saturated heterocycles. The van der Waals surface area contributed by atoms with Crippen molar-refractivity contribution in [1.29, 1.82) is 0 Å². The van der Waals surface area contributed by atoms with E-state index in [2.05, 4.69) is 22.1 Å². The fourth-order valence-electron chi connectivity index (χ4n) is 1.85. The highest BCUT2D eigenvalue weighted by Crippen LogP contribution is 2.30. The van der Waals surface area contributed by atoms with E-state index in [9.17, 15) is 0 Å². The number of aromatic nitrogens is 2. The van der Waals surface area contributed by atoms with E-state index in [0.717, 1.165) is 18.7 Å². The van der Waals surface area contributed by atoms with Gasteiger partial charge in [0.25, 0.3) is 0 Å². The number of anilines is 1. The molecule has 1 aromatic heterocycles. The van der Waals surface area contributed by atoms with Crippen molar-refractivity contribution >= 4 is 17.3 Å². The summed E-state index contributed by atoms with van der Waals surface area (Å²) < 4.78 is 0. The lowest BCUT2D eigenvalue weighted by Crippen LogP contribution is -2.19.